The normalized spacial score (nSPS) is 21.9. The summed E-state index contributed by atoms with van der Waals surface area (Å²) in [4.78, 5) is 19.0. The Morgan fingerprint density at radius 1 is 1.31 bits per heavy atom. The van der Waals surface area contributed by atoms with Crippen LogP contribution in [0.15, 0.2) is 30.6 Å². The minimum absolute atomic E-state index is 0.193. The van der Waals surface area contributed by atoms with Crippen LogP contribution in [-0.2, 0) is 10.4 Å². The summed E-state index contributed by atoms with van der Waals surface area (Å²) in [6.07, 6.45) is 4.62. The molecule has 0 spiro atoms. The predicted octanol–water partition coefficient (Wildman–Crippen LogP) is 3.20. The van der Waals surface area contributed by atoms with Crippen LogP contribution >= 0.6 is 0 Å². The maximum Gasteiger partial charge on any atom is 0.162 e. The standard InChI is InChI=1S/C19H20FN5O/c1-12-11-26-9-8-25(12)16-10-15(19(20)4-5-19)23-18(24-16)14-3-7-22-17-13(14)2-6-21-17/h2-3,6-7,10,12H,4-5,8-9,11H2,1H3,(H,21,22)/t12-/m1/s1. The van der Waals surface area contributed by atoms with Crippen molar-refractivity contribution in [2.24, 2.45) is 0 Å². The van der Waals surface area contributed by atoms with Gasteiger partial charge >= 0.3 is 0 Å². The van der Waals surface area contributed by atoms with Crippen molar-refractivity contribution in [1.82, 2.24) is 19.9 Å². The van der Waals surface area contributed by atoms with Crippen LogP contribution in [0.3, 0.4) is 0 Å². The Balaban J connectivity index is 1.67. The van der Waals surface area contributed by atoms with Gasteiger partial charge in [-0.05, 0) is 31.9 Å². The highest BCUT2D eigenvalue weighted by atomic mass is 19.1. The molecule has 4 heterocycles. The predicted molar refractivity (Wildman–Crippen MR) is 96.8 cm³/mol. The van der Waals surface area contributed by atoms with E-state index in [0.717, 1.165) is 29.0 Å². The summed E-state index contributed by atoms with van der Waals surface area (Å²) in [5.41, 5.74) is 0.812. The summed E-state index contributed by atoms with van der Waals surface area (Å²) in [5, 5.41) is 0.939. The number of fused-ring (bicyclic) bond motifs is 1. The van der Waals surface area contributed by atoms with E-state index in [0.29, 0.717) is 37.6 Å². The van der Waals surface area contributed by atoms with Gasteiger partial charge in [-0.2, -0.15) is 0 Å². The van der Waals surface area contributed by atoms with Crippen molar-refractivity contribution in [2.75, 3.05) is 24.7 Å². The molecule has 1 saturated heterocycles. The molecule has 26 heavy (non-hydrogen) atoms. The molecule has 2 aliphatic rings. The molecule has 1 saturated carbocycles. The van der Waals surface area contributed by atoms with Gasteiger partial charge in [0, 0.05) is 36.0 Å². The van der Waals surface area contributed by atoms with Gasteiger partial charge in [-0.25, -0.2) is 19.3 Å². The molecule has 2 fully saturated rings. The number of halogens is 1. The van der Waals surface area contributed by atoms with Gasteiger partial charge in [0.15, 0.2) is 11.5 Å². The van der Waals surface area contributed by atoms with E-state index in [1.807, 2.05) is 24.4 Å². The second kappa shape index (κ2) is 5.74. The Morgan fingerprint density at radius 2 is 2.19 bits per heavy atom. The number of aromatic nitrogens is 4. The van der Waals surface area contributed by atoms with Gasteiger partial charge in [0.2, 0.25) is 0 Å². The number of alkyl halides is 1. The maximum atomic E-state index is 14.9. The number of pyridine rings is 1. The van der Waals surface area contributed by atoms with Crippen molar-refractivity contribution in [1.29, 1.82) is 0 Å². The van der Waals surface area contributed by atoms with Crippen LogP contribution in [0.2, 0.25) is 0 Å². The average molecular weight is 353 g/mol. The second-order valence-electron chi connectivity index (χ2n) is 7.12. The fourth-order valence-electron chi connectivity index (χ4n) is 3.52. The van der Waals surface area contributed by atoms with Gasteiger partial charge in [0.1, 0.15) is 11.5 Å². The molecular formula is C19H20FN5O. The molecule has 3 aromatic rings. The third-order valence-electron chi connectivity index (χ3n) is 5.22. The second-order valence-corrected chi connectivity index (χ2v) is 7.12. The average Bonchev–Trinajstić information content (AvgIpc) is 3.23. The zero-order chi connectivity index (χ0) is 17.7. The molecule has 0 bridgehead atoms. The lowest BCUT2D eigenvalue weighted by Crippen LogP contribution is -2.44. The van der Waals surface area contributed by atoms with Crippen molar-refractivity contribution < 1.29 is 9.13 Å². The molecule has 1 aliphatic heterocycles. The van der Waals surface area contributed by atoms with Crippen LogP contribution in [0.1, 0.15) is 25.5 Å². The van der Waals surface area contributed by atoms with E-state index in [1.165, 1.54) is 0 Å². The van der Waals surface area contributed by atoms with Crippen molar-refractivity contribution in [3.8, 4) is 11.4 Å². The molecule has 134 valence electrons. The molecule has 0 amide bonds. The number of nitrogens with one attached hydrogen (secondary N) is 1. The first-order chi connectivity index (χ1) is 12.6. The summed E-state index contributed by atoms with van der Waals surface area (Å²) in [7, 11) is 0. The van der Waals surface area contributed by atoms with Crippen LogP contribution in [0, 0.1) is 0 Å². The van der Waals surface area contributed by atoms with E-state index < -0.39 is 5.67 Å². The third-order valence-corrected chi connectivity index (χ3v) is 5.22. The molecule has 0 unspecified atom stereocenters. The number of nitrogens with zero attached hydrogens (tertiary/aromatic N) is 4. The maximum absolute atomic E-state index is 14.9. The number of hydrogen-bond acceptors (Lipinski definition) is 5. The molecular weight excluding hydrogens is 333 g/mol. The molecule has 7 heteroatoms. The molecule has 0 aromatic carbocycles. The minimum Gasteiger partial charge on any atom is -0.377 e. The number of morpholine rings is 1. The van der Waals surface area contributed by atoms with Gasteiger partial charge in [-0.1, -0.05) is 0 Å². The molecule has 0 radical (unpaired) electrons. The van der Waals surface area contributed by atoms with Crippen LogP contribution in [0.4, 0.5) is 10.2 Å². The summed E-state index contributed by atoms with van der Waals surface area (Å²) in [5.74, 6) is 1.32. The Labute approximate surface area is 150 Å². The summed E-state index contributed by atoms with van der Waals surface area (Å²) in [6, 6.07) is 5.85. The highest BCUT2D eigenvalue weighted by Gasteiger charge is 2.47. The Bertz CT molecular complexity index is 967. The van der Waals surface area contributed by atoms with E-state index in [4.69, 9.17) is 9.72 Å². The first-order valence-electron chi connectivity index (χ1n) is 8.99. The molecule has 1 atom stereocenters. The van der Waals surface area contributed by atoms with Crippen LogP contribution in [-0.4, -0.2) is 45.7 Å². The minimum atomic E-state index is -1.31. The van der Waals surface area contributed by atoms with E-state index in [1.54, 1.807) is 6.20 Å². The SMILES string of the molecule is C[C@@H]1COCCN1c1cc(C2(F)CC2)nc(-c2ccnc3[nH]ccc23)n1. The highest BCUT2D eigenvalue weighted by Crippen LogP contribution is 2.49. The quantitative estimate of drug-likeness (QED) is 0.783. The number of ether oxygens (including phenoxy) is 1. The number of anilines is 1. The van der Waals surface area contributed by atoms with E-state index in [2.05, 4.69) is 26.8 Å². The number of rotatable bonds is 3. The Morgan fingerprint density at radius 3 is 3.00 bits per heavy atom. The zero-order valence-corrected chi connectivity index (χ0v) is 14.6. The van der Waals surface area contributed by atoms with Gasteiger partial charge < -0.3 is 14.6 Å². The lowest BCUT2D eigenvalue weighted by Gasteiger charge is -2.34. The first-order valence-corrected chi connectivity index (χ1v) is 8.99. The first kappa shape index (κ1) is 15.7. The fourth-order valence-corrected chi connectivity index (χ4v) is 3.52. The van der Waals surface area contributed by atoms with Crippen molar-refractivity contribution in [2.45, 2.75) is 31.5 Å². The summed E-state index contributed by atoms with van der Waals surface area (Å²) < 4.78 is 20.4. The molecule has 3 aromatic heterocycles. The van der Waals surface area contributed by atoms with Gasteiger partial charge in [0.05, 0.1) is 24.9 Å². The van der Waals surface area contributed by atoms with E-state index >= 15 is 0 Å². The Kier molecular flexibility index (Phi) is 3.46. The Hall–Kier alpha value is -2.54. The van der Waals surface area contributed by atoms with Crippen molar-refractivity contribution in [3.05, 3.63) is 36.3 Å². The van der Waals surface area contributed by atoms with E-state index in [-0.39, 0.29) is 6.04 Å². The van der Waals surface area contributed by atoms with Gasteiger partial charge in [0.25, 0.3) is 0 Å². The number of hydrogen-bond donors (Lipinski definition) is 1. The zero-order valence-electron chi connectivity index (χ0n) is 14.6. The van der Waals surface area contributed by atoms with Crippen LogP contribution in [0.5, 0.6) is 0 Å². The third kappa shape index (κ3) is 2.54. The lowest BCUT2D eigenvalue weighted by atomic mass is 10.1. The molecule has 1 aliphatic carbocycles. The number of H-pyrrole nitrogens is 1. The smallest absolute Gasteiger partial charge is 0.162 e. The fraction of sp³-hybridized carbons (Fsp3) is 0.421. The lowest BCUT2D eigenvalue weighted by molar-refractivity contribution is 0.0985. The van der Waals surface area contributed by atoms with E-state index in [9.17, 15) is 4.39 Å². The molecule has 6 nitrogen and oxygen atoms in total. The molecule has 5 rings (SSSR count). The van der Waals surface area contributed by atoms with Gasteiger partial charge in [-0.3, -0.25) is 0 Å². The van der Waals surface area contributed by atoms with Crippen LogP contribution < -0.4 is 4.90 Å². The topological polar surface area (TPSA) is 66.9 Å². The summed E-state index contributed by atoms with van der Waals surface area (Å²) in [6.45, 7) is 4.13. The monoisotopic (exact) mass is 353 g/mol. The highest BCUT2D eigenvalue weighted by molar-refractivity contribution is 5.91. The molecule has 1 N–H and O–H groups in total. The van der Waals surface area contributed by atoms with Crippen molar-refractivity contribution >= 4 is 16.9 Å². The van der Waals surface area contributed by atoms with Crippen LogP contribution in [0.25, 0.3) is 22.4 Å². The largest absolute Gasteiger partial charge is 0.377 e. The summed E-state index contributed by atoms with van der Waals surface area (Å²) >= 11 is 0. The number of aromatic amines is 1. The van der Waals surface area contributed by atoms with Crippen molar-refractivity contribution in [3.63, 3.8) is 0 Å². The van der Waals surface area contributed by atoms with Gasteiger partial charge in [-0.15, -0.1) is 0 Å².